The maximum Gasteiger partial charge on any atom is 0.00673 e. The summed E-state index contributed by atoms with van der Waals surface area (Å²) in [5.74, 6) is 1.83. The highest BCUT2D eigenvalue weighted by atomic mass is 15.2. The van der Waals surface area contributed by atoms with E-state index in [-0.39, 0.29) is 0 Å². The maximum atomic E-state index is 3.89. The number of nitrogens with one attached hydrogen (secondary N) is 1. The fraction of sp³-hybridized carbons (Fsp3) is 1.00. The molecular formula is C19H38N2. The lowest BCUT2D eigenvalue weighted by molar-refractivity contribution is 0.136. The molecule has 0 spiro atoms. The molecule has 1 heterocycles. The average Bonchev–Trinajstić information content (AvgIpc) is 2.95. The molecule has 124 valence electrons. The van der Waals surface area contributed by atoms with Crippen LogP contribution in [0.1, 0.15) is 73.1 Å². The van der Waals surface area contributed by atoms with E-state index < -0.39 is 0 Å². The Kier molecular flexibility index (Phi) is 6.14. The molecule has 0 aromatic rings. The number of nitrogens with zero attached hydrogens (tertiary/aromatic N) is 1. The molecule has 1 aliphatic heterocycles. The largest absolute Gasteiger partial charge is 0.314 e. The maximum absolute atomic E-state index is 3.89. The third-order valence-electron chi connectivity index (χ3n) is 6.49. The fourth-order valence-electron chi connectivity index (χ4n) is 4.20. The average molecular weight is 295 g/mol. The predicted octanol–water partition coefficient (Wildman–Crippen LogP) is 4.30. The molecule has 1 N–H and O–H groups in total. The van der Waals surface area contributed by atoms with Gasteiger partial charge in [0, 0.05) is 18.6 Å². The van der Waals surface area contributed by atoms with E-state index in [9.17, 15) is 0 Å². The summed E-state index contributed by atoms with van der Waals surface area (Å²) in [7, 11) is 0. The van der Waals surface area contributed by atoms with Gasteiger partial charge in [-0.1, -0.05) is 27.2 Å². The molecule has 0 aromatic carbocycles. The van der Waals surface area contributed by atoms with Crippen LogP contribution in [-0.2, 0) is 0 Å². The standard InChI is InChI=1S/C19H38N2/c1-6-19(4,5)17-7-9-18(10-8-17)20-13-16-11-12-21(14-16)15(2)3/h15-18,20H,6-14H2,1-5H3. The van der Waals surface area contributed by atoms with Crippen LogP contribution in [-0.4, -0.2) is 36.6 Å². The van der Waals surface area contributed by atoms with Crippen LogP contribution in [0.3, 0.4) is 0 Å². The summed E-state index contributed by atoms with van der Waals surface area (Å²) in [4.78, 5) is 2.63. The van der Waals surface area contributed by atoms with Crippen molar-refractivity contribution in [3.63, 3.8) is 0 Å². The zero-order valence-corrected chi connectivity index (χ0v) is 15.1. The fourth-order valence-corrected chi connectivity index (χ4v) is 4.20. The topological polar surface area (TPSA) is 15.3 Å². The molecule has 0 amide bonds. The molecule has 2 nitrogen and oxygen atoms in total. The van der Waals surface area contributed by atoms with Gasteiger partial charge in [-0.15, -0.1) is 0 Å². The third kappa shape index (κ3) is 4.69. The first-order chi connectivity index (χ1) is 9.92. The number of likely N-dealkylation sites (tertiary alicyclic amines) is 1. The second-order valence-corrected chi connectivity index (χ2v) is 8.54. The Hall–Kier alpha value is -0.0800. The summed E-state index contributed by atoms with van der Waals surface area (Å²) in [5, 5.41) is 3.89. The molecule has 0 radical (unpaired) electrons. The second-order valence-electron chi connectivity index (χ2n) is 8.54. The van der Waals surface area contributed by atoms with Crippen molar-refractivity contribution < 1.29 is 0 Å². The van der Waals surface area contributed by atoms with Gasteiger partial charge in [0.05, 0.1) is 0 Å². The highest BCUT2D eigenvalue weighted by Gasteiger charge is 2.32. The Morgan fingerprint density at radius 3 is 2.29 bits per heavy atom. The summed E-state index contributed by atoms with van der Waals surface area (Å²) in [6.07, 6.45) is 8.37. The van der Waals surface area contributed by atoms with Gasteiger partial charge in [-0.25, -0.2) is 0 Å². The van der Waals surface area contributed by atoms with Crippen molar-refractivity contribution in [2.45, 2.75) is 85.2 Å². The highest BCUT2D eigenvalue weighted by molar-refractivity contribution is 4.86. The van der Waals surface area contributed by atoms with E-state index in [2.05, 4.69) is 44.8 Å². The van der Waals surface area contributed by atoms with Gasteiger partial charge in [0.2, 0.25) is 0 Å². The van der Waals surface area contributed by atoms with Gasteiger partial charge in [-0.05, 0) is 76.3 Å². The van der Waals surface area contributed by atoms with E-state index in [1.807, 2.05) is 0 Å². The molecule has 2 aliphatic rings. The Morgan fingerprint density at radius 1 is 1.10 bits per heavy atom. The molecule has 1 aliphatic carbocycles. The van der Waals surface area contributed by atoms with E-state index >= 15 is 0 Å². The van der Waals surface area contributed by atoms with Crippen molar-refractivity contribution >= 4 is 0 Å². The van der Waals surface area contributed by atoms with Crippen LogP contribution in [0, 0.1) is 17.3 Å². The van der Waals surface area contributed by atoms with Gasteiger partial charge in [0.15, 0.2) is 0 Å². The predicted molar refractivity (Wildman–Crippen MR) is 92.6 cm³/mol. The van der Waals surface area contributed by atoms with Crippen molar-refractivity contribution in [1.29, 1.82) is 0 Å². The summed E-state index contributed by atoms with van der Waals surface area (Å²) < 4.78 is 0. The van der Waals surface area contributed by atoms with Gasteiger partial charge in [0.25, 0.3) is 0 Å². The van der Waals surface area contributed by atoms with Crippen LogP contribution in [0.2, 0.25) is 0 Å². The lowest BCUT2D eigenvalue weighted by Gasteiger charge is -2.39. The van der Waals surface area contributed by atoms with Crippen molar-refractivity contribution in [1.82, 2.24) is 10.2 Å². The van der Waals surface area contributed by atoms with Gasteiger partial charge < -0.3 is 10.2 Å². The minimum absolute atomic E-state index is 0.550. The van der Waals surface area contributed by atoms with Crippen molar-refractivity contribution in [2.24, 2.45) is 17.3 Å². The highest BCUT2D eigenvalue weighted by Crippen LogP contribution is 2.40. The molecule has 2 fully saturated rings. The SMILES string of the molecule is CCC(C)(C)C1CCC(NCC2CCN(C(C)C)C2)CC1. The zero-order valence-electron chi connectivity index (χ0n) is 15.1. The lowest BCUT2D eigenvalue weighted by atomic mass is 9.69. The van der Waals surface area contributed by atoms with Gasteiger partial charge in [-0.2, -0.15) is 0 Å². The Bertz CT molecular complexity index is 303. The smallest absolute Gasteiger partial charge is 0.00673 e. The molecular weight excluding hydrogens is 256 g/mol. The summed E-state index contributed by atoms with van der Waals surface area (Å²) in [6, 6.07) is 1.52. The number of hydrogen-bond acceptors (Lipinski definition) is 2. The van der Waals surface area contributed by atoms with Crippen molar-refractivity contribution in [3.8, 4) is 0 Å². The number of hydrogen-bond donors (Lipinski definition) is 1. The van der Waals surface area contributed by atoms with Gasteiger partial charge in [-0.3, -0.25) is 0 Å². The van der Waals surface area contributed by atoms with E-state index in [1.165, 1.54) is 58.2 Å². The van der Waals surface area contributed by atoms with E-state index in [4.69, 9.17) is 0 Å². The van der Waals surface area contributed by atoms with Crippen LogP contribution in [0.5, 0.6) is 0 Å². The molecule has 0 bridgehead atoms. The Labute approximate surface area is 133 Å². The summed E-state index contributed by atoms with van der Waals surface area (Å²) >= 11 is 0. The van der Waals surface area contributed by atoms with Gasteiger partial charge in [0.1, 0.15) is 0 Å². The van der Waals surface area contributed by atoms with E-state index in [0.717, 1.165) is 23.9 Å². The quantitative estimate of drug-likeness (QED) is 0.785. The first kappa shape index (κ1) is 17.3. The monoisotopic (exact) mass is 294 g/mol. The molecule has 0 aromatic heterocycles. The normalized spacial score (nSPS) is 32.0. The molecule has 1 saturated heterocycles. The second kappa shape index (κ2) is 7.46. The van der Waals surface area contributed by atoms with Gasteiger partial charge >= 0.3 is 0 Å². The molecule has 2 rings (SSSR count). The Balaban J connectivity index is 1.66. The summed E-state index contributed by atoms with van der Waals surface area (Å²) in [5.41, 5.74) is 0.550. The van der Waals surface area contributed by atoms with Crippen molar-refractivity contribution in [3.05, 3.63) is 0 Å². The molecule has 2 heteroatoms. The van der Waals surface area contributed by atoms with Crippen LogP contribution >= 0.6 is 0 Å². The zero-order chi connectivity index (χ0) is 15.5. The Morgan fingerprint density at radius 2 is 1.76 bits per heavy atom. The van der Waals surface area contributed by atoms with Crippen LogP contribution in [0.25, 0.3) is 0 Å². The third-order valence-corrected chi connectivity index (χ3v) is 6.49. The minimum Gasteiger partial charge on any atom is -0.314 e. The first-order valence-electron chi connectivity index (χ1n) is 9.39. The molecule has 1 saturated carbocycles. The minimum atomic E-state index is 0.550. The van der Waals surface area contributed by atoms with Crippen molar-refractivity contribution in [2.75, 3.05) is 19.6 Å². The van der Waals surface area contributed by atoms with Crippen LogP contribution < -0.4 is 5.32 Å². The van der Waals surface area contributed by atoms with E-state index in [0.29, 0.717) is 5.41 Å². The number of rotatable bonds is 6. The molecule has 1 unspecified atom stereocenters. The lowest BCUT2D eigenvalue weighted by Crippen LogP contribution is -2.39. The van der Waals surface area contributed by atoms with Crippen LogP contribution in [0.15, 0.2) is 0 Å². The molecule has 1 atom stereocenters. The first-order valence-corrected chi connectivity index (χ1v) is 9.39. The molecule has 21 heavy (non-hydrogen) atoms. The van der Waals surface area contributed by atoms with E-state index in [1.54, 1.807) is 0 Å². The summed E-state index contributed by atoms with van der Waals surface area (Å²) in [6.45, 7) is 15.8. The van der Waals surface area contributed by atoms with Crippen LogP contribution in [0.4, 0.5) is 0 Å².